The van der Waals surface area contributed by atoms with Crippen LogP contribution in [0.15, 0.2) is 33.5 Å². The van der Waals surface area contributed by atoms with E-state index < -0.39 is 17.9 Å². The number of allylic oxidation sites excluding steroid dienone is 3. The second-order valence-electron chi connectivity index (χ2n) is 2.55. The number of aliphatic imine (C=N–C) groups is 2. The molecule has 0 fully saturated rings. The highest BCUT2D eigenvalue weighted by molar-refractivity contribution is 6.31. The lowest BCUT2D eigenvalue weighted by Crippen LogP contribution is -2.21. The lowest BCUT2D eigenvalue weighted by atomic mass is 10.0. The number of alkyl halides is 1. The van der Waals surface area contributed by atoms with Crippen molar-refractivity contribution in [3.8, 4) is 0 Å². The number of carbonyl (C=O) groups excluding carboxylic acids is 1. The van der Waals surface area contributed by atoms with E-state index in [1.165, 1.54) is 6.08 Å². The second-order valence-corrected chi connectivity index (χ2v) is 2.55. The molecule has 0 N–H and O–H groups in total. The minimum absolute atomic E-state index is 0.131. The molecule has 1 atom stereocenters. The molecule has 0 bridgehead atoms. The van der Waals surface area contributed by atoms with Gasteiger partial charge in [-0.1, -0.05) is 0 Å². The third-order valence-corrected chi connectivity index (χ3v) is 1.75. The van der Waals surface area contributed by atoms with E-state index in [1.807, 2.05) is 0 Å². The third kappa shape index (κ3) is 1.12. The normalized spacial score (nSPS) is 26.2. The molecule has 0 aromatic heterocycles. The Morgan fingerprint density at radius 2 is 2.23 bits per heavy atom. The van der Waals surface area contributed by atoms with Crippen molar-refractivity contribution < 1.29 is 13.6 Å². The molecule has 0 radical (unpaired) electrons. The van der Waals surface area contributed by atoms with Gasteiger partial charge in [-0.3, -0.25) is 4.79 Å². The quantitative estimate of drug-likeness (QED) is 0.553. The number of nitrogens with zero attached hydrogens (tertiary/aromatic N) is 2. The van der Waals surface area contributed by atoms with E-state index in [2.05, 4.69) is 9.98 Å². The van der Waals surface area contributed by atoms with Gasteiger partial charge in [0.15, 0.2) is 12.0 Å². The Labute approximate surface area is 72.2 Å². The Morgan fingerprint density at radius 3 is 3.00 bits per heavy atom. The number of hydrogen-bond donors (Lipinski definition) is 0. The van der Waals surface area contributed by atoms with Crippen LogP contribution >= 0.6 is 0 Å². The van der Waals surface area contributed by atoms with Crippen LogP contribution in [-0.2, 0) is 4.79 Å². The molecule has 0 spiro atoms. The van der Waals surface area contributed by atoms with Crippen molar-refractivity contribution in [2.24, 2.45) is 9.98 Å². The number of amides is 1. The van der Waals surface area contributed by atoms with Crippen molar-refractivity contribution in [1.82, 2.24) is 0 Å². The molecular weight excluding hydrogens is 178 g/mol. The SMILES string of the molecule is O=C1N=CN=C2C=CC(F)C(F)=C12. The molecule has 0 aromatic rings. The van der Waals surface area contributed by atoms with Gasteiger partial charge in [0.1, 0.15) is 11.9 Å². The maximum atomic E-state index is 13.0. The van der Waals surface area contributed by atoms with E-state index >= 15 is 0 Å². The van der Waals surface area contributed by atoms with Crippen LogP contribution in [0.25, 0.3) is 0 Å². The molecule has 13 heavy (non-hydrogen) atoms. The molecule has 0 saturated heterocycles. The van der Waals surface area contributed by atoms with E-state index in [0.29, 0.717) is 0 Å². The van der Waals surface area contributed by atoms with E-state index in [4.69, 9.17) is 0 Å². The highest BCUT2D eigenvalue weighted by Gasteiger charge is 2.29. The van der Waals surface area contributed by atoms with Crippen molar-refractivity contribution in [3.63, 3.8) is 0 Å². The topological polar surface area (TPSA) is 41.8 Å². The summed E-state index contributed by atoms with van der Waals surface area (Å²) < 4.78 is 25.8. The fourth-order valence-corrected chi connectivity index (χ4v) is 1.13. The zero-order valence-electron chi connectivity index (χ0n) is 6.37. The number of fused-ring (bicyclic) bond motifs is 1. The van der Waals surface area contributed by atoms with Gasteiger partial charge in [-0.05, 0) is 12.2 Å². The van der Waals surface area contributed by atoms with Gasteiger partial charge in [-0.25, -0.2) is 13.8 Å². The molecule has 0 saturated carbocycles. The minimum Gasteiger partial charge on any atom is -0.267 e. The Balaban J connectivity index is 2.57. The predicted molar refractivity (Wildman–Crippen MR) is 43.1 cm³/mol. The fraction of sp³-hybridized carbons (Fsp3) is 0.125. The molecule has 3 nitrogen and oxygen atoms in total. The zero-order valence-corrected chi connectivity index (χ0v) is 6.37. The monoisotopic (exact) mass is 182 g/mol. The van der Waals surface area contributed by atoms with Crippen LogP contribution in [-0.4, -0.2) is 24.1 Å². The summed E-state index contributed by atoms with van der Waals surface area (Å²) in [6.07, 6.45) is 1.44. The first-order valence-electron chi connectivity index (χ1n) is 3.57. The zero-order chi connectivity index (χ0) is 9.42. The van der Waals surface area contributed by atoms with Crippen LogP contribution in [0, 0.1) is 0 Å². The lowest BCUT2D eigenvalue weighted by molar-refractivity contribution is -0.114. The predicted octanol–water partition coefficient (Wildman–Crippen LogP) is 1.13. The van der Waals surface area contributed by atoms with Crippen LogP contribution in [0.2, 0.25) is 0 Å². The van der Waals surface area contributed by atoms with Crippen molar-refractivity contribution in [1.29, 1.82) is 0 Å². The van der Waals surface area contributed by atoms with Gasteiger partial charge in [0.2, 0.25) is 0 Å². The highest BCUT2D eigenvalue weighted by atomic mass is 19.2. The van der Waals surface area contributed by atoms with Gasteiger partial charge in [-0.2, -0.15) is 4.99 Å². The molecule has 0 aromatic carbocycles. The summed E-state index contributed by atoms with van der Waals surface area (Å²) >= 11 is 0. The number of carbonyl (C=O) groups is 1. The van der Waals surface area contributed by atoms with Gasteiger partial charge < -0.3 is 0 Å². The summed E-state index contributed by atoms with van der Waals surface area (Å²) in [6.45, 7) is 0. The van der Waals surface area contributed by atoms with Gasteiger partial charge >= 0.3 is 0 Å². The minimum atomic E-state index is -1.86. The van der Waals surface area contributed by atoms with Crippen LogP contribution in [0.1, 0.15) is 0 Å². The van der Waals surface area contributed by atoms with Crippen LogP contribution in [0.3, 0.4) is 0 Å². The third-order valence-electron chi connectivity index (χ3n) is 1.75. The van der Waals surface area contributed by atoms with Crippen LogP contribution in [0.5, 0.6) is 0 Å². The molecule has 1 amide bonds. The number of hydrogen-bond acceptors (Lipinski definition) is 2. The number of rotatable bonds is 0. The summed E-state index contributed by atoms with van der Waals surface area (Å²) in [5.74, 6) is -1.89. The van der Waals surface area contributed by atoms with Gasteiger partial charge in [0.25, 0.3) is 5.91 Å². The van der Waals surface area contributed by atoms with Crippen LogP contribution < -0.4 is 0 Å². The first kappa shape index (κ1) is 7.97. The van der Waals surface area contributed by atoms with Crippen LogP contribution in [0.4, 0.5) is 8.78 Å². The molecule has 1 heterocycles. The molecule has 1 unspecified atom stereocenters. The smallest absolute Gasteiger partial charge is 0.267 e. The average Bonchev–Trinajstić information content (AvgIpc) is 2.12. The second kappa shape index (κ2) is 2.69. The Hall–Kier alpha value is -1.65. The summed E-state index contributed by atoms with van der Waals surface area (Å²) in [4.78, 5) is 17.9. The van der Waals surface area contributed by atoms with Crippen molar-refractivity contribution >= 4 is 18.0 Å². The highest BCUT2D eigenvalue weighted by Crippen LogP contribution is 2.24. The maximum absolute atomic E-state index is 13.0. The fourth-order valence-electron chi connectivity index (χ4n) is 1.13. The molecule has 2 aliphatic rings. The maximum Gasteiger partial charge on any atom is 0.283 e. The average molecular weight is 182 g/mol. The summed E-state index contributed by atoms with van der Waals surface area (Å²) in [6, 6.07) is 0. The van der Waals surface area contributed by atoms with E-state index in [0.717, 1.165) is 12.4 Å². The molecule has 1 aliphatic heterocycles. The van der Waals surface area contributed by atoms with Crippen molar-refractivity contribution in [2.75, 3.05) is 0 Å². The Bertz CT molecular complexity index is 393. The largest absolute Gasteiger partial charge is 0.283 e. The summed E-state index contributed by atoms with van der Waals surface area (Å²) in [5.41, 5.74) is -0.232. The lowest BCUT2D eigenvalue weighted by Gasteiger charge is -2.13. The Kier molecular flexibility index (Phi) is 1.65. The summed E-state index contributed by atoms with van der Waals surface area (Å²) in [5, 5.41) is 0. The molecule has 1 aliphatic carbocycles. The van der Waals surface area contributed by atoms with Gasteiger partial charge in [-0.15, -0.1) is 0 Å². The van der Waals surface area contributed by atoms with E-state index in [9.17, 15) is 13.6 Å². The first-order chi connectivity index (χ1) is 6.20. The first-order valence-corrected chi connectivity index (χ1v) is 3.57. The summed E-state index contributed by atoms with van der Waals surface area (Å²) in [7, 11) is 0. The van der Waals surface area contributed by atoms with E-state index in [1.54, 1.807) is 0 Å². The molecule has 2 rings (SSSR count). The number of halogens is 2. The van der Waals surface area contributed by atoms with Gasteiger partial charge in [0, 0.05) is 0 Å². The van der Waals surface area contributed by atoms with E-state index in [-0.39, 0.29) is 11.3 Å². The van der Waals surface area contributed by atoms with Gasteiger partial charge in [0.05, 0.1) is 5.71 Å². The Morgan fingerprint density at radius 1 is 1.46 bits per heavy atom. The molecule has 66 valence electrons. The molecule has 5 heteroatoms. The standard InChI is InChI=1S/C8H4F2N2O/c9-4-1-2-5-6(7(4)10)8(13)12-3-11-5/h1-4H. The van der Waals surface area contributed by atoms with Crippen molar-refractivity contribution in [3.05, 3.63) is 23.6 Å². The van der Waals surface area contributed by atoms with Crippen molar-refractivity contribution in [2.45, 2.75) is 6.17 Å². The molecular formula is C8H4F2N2O.